The molecule has 1 unspecified atom stereocenters. The van der Waals surface area contributed by atoms with E-state index in [-0.39, 0.29) is 18.2 Å². The van der Waals surface area contributed by atoms with Gasteiger partial charge in [0.1, 0.15) is 5.82 Å². The van der Waals surface area contributed by atoms with Crippen molar-refractivity contribution in [3.63, 3.8) is 0 Å². The molecule has 1 atom stereocenters. The first-order valence-electron chi connectivity index (χ1n) is 8.01. The van der Waals surface area contributed by atoms with Crippen LogP contribution in [0.15, 0.2) is 40.2 Å². The Morgan fingerprint density at radius 1 is 1.40 bits per heavy atom. The van der Waals surface area contributed by atoms with Crippen LogP contribution < -0.4 is 4.90 Å². The molecule has 0 bridgehead atoms. The van der Waals surface area contributed by atoms with Crippen LogP contribution in [-0.2, 0) is 11.2 Å². The Balaban J connectivity index is 1.52. The molecule has 2 aromatic heterocycles. The van der Waals surface area contributed by atoms with Gasteiger partial charge < -0.3 is 9.42 Å². The predicted molar refractivity (Wildman–Crippen MR) is 92.3 cm³/mol. The summed E-state index contributed by atoms with van der Waals surface area (Å²) in [5.41, 5.74) is 1.22. The van der Waals surface area contributed by atoms with Crippen LogP contribution in [-0.4, -0.2) is 22.6 Å². The van der Waals surface area contributed by atoms with Crippen LogP contribution in [0.1, 0.15) is 34.5 Å². The molecule has 1 aliphatic heterocycles. The Bertz CT molecular complexity index is 907. The molecule has 7 heteroatoms. The Morgan fingerprint density at radius 2 is 2.28 bits per heavy atom. The Hall–Kier alpha value is -2.54. The van der Waals surface area contributed by atoms with E-state index in [0.717, 1.165) is 10.4 Å². The zero-order chi connectivity index (χ0) is 17.4. The molecule has 0 radical (unpaired) electrons. The normalized spacial score (nSPS) is 17.4. The van der Waals surface area contributed by atoms with Crippen LogP contribution in [0, 0.1) is 12.7 Å². The topological polar surface area (TPSA) is 59.2 Å². The average molecular weight is 357 g/mol. The Morgan fingerprint density at radius 3 is 3.08 bits per heavy atom. The van der Waals surface area contributed by atoms with Crippen molar-refractivity contribution in [2.75, 3.05) is 11.4 Å². The summed E-state index contributed by atoms with van der Waals surface area (Å²) in [6.07, 6.45) is 0.840. The molecule has 1 saturated heterocycles. The lowest BCUT2D eigenvalue weighted by Crippen LogP contribution is -2.25. The quantitative estimate of drug-likeness (QED) is 0.714. The van der Waals surface area contributed by atoms with Gasteiger partial charge in [-0.3, -0.25) is 4.79 Å². The molecule has 1 fully saturated rings. The van der Waals surface area contributed by atoms with Gasteiger partial charge in [0, 0.05) is 23.8 Å². The third kappa shape index (κ3) is 3.19. The lowest BCUT2D eigenvalue weighted by atomic mass is 10.1. The molecular formula is C18H16FN3O2S. The second-order valence-electron chi connectivity index (χ2n) is 6.16. The van der Waals surface area contributed by atoms with Crippen molar-refractivity contribution in [2.24, 2.45) is 0 Å². The number of aryl methyl sites for hydroxylation is 1. The molecule has 5 nitrogen and oxygen atoms in total. The molecule has 3 heterocycles. The van der Waals surface area contributed by atoms with Crippen molar-refractivity contribution in [3.8, 4) is 0 Å². The molecule has 1 aromatic carbocycles. The third-order valence-electron chi connectivity index (χ3n) is 4.27. The number of carbonyl (C=O) groups is 1. The molecule has 0 saturated carbocycles. The van der Waals surface area contributed by atoms with E-state index in [4.69, 9.17) is 4.52 Å². The highest BCUT2D eigenvalue weighted by molar-refractivity contribution is 7.09. The number of carbonyl (C=O) groups excluding carboxylic acids is 1. The summed E-state index contributed by atoms with van der Waals surface area (Å²) in [4.78, 5) is 19.4. The molecule has 1 aliphatic rings. The van der Waals surface area contributed by atoms with Crippen molar-refractivity contribution < 1.29 is 13.7 Å². The maximum atomic E-state index is 14.1. The highest BCUT2D eigenvalue weighted by atomic mass is 32.1. The number of nitrogens with zero attached hydrogens (tertiary/aromatic N) is 3. The van der Waals surface area contributed by atoms with Gasteiger partial charge in [0.05, 0.1) is 12.1 Å². The summed E-state index contributed by atoms with van der Waals surface area (Å²) in [6.45, 7) is 2.23. The Kier molecular flexibility index (Phi) is 4.09. The zero-order valence-electron chi connectivity index (χ0n) is 13.6. The van der Waals surface area contributed by atoms with Crippen LogP contribution >= 0.6 is 11.3 Å². The lowest BCUT2D eigenvalue weighted by Gasteiger charge is -2.17. The van der Waals surface area contributed by atoms with Crippen LogP contribution in [0.5, 0.6) is 0 Å². The SMILES string of the molecule is Cc1ccc(F)c(N2CC(c3noc(Cc4cccs4)n3)CC2=O)c1. The minimum absolute atomic E-state index is 0.126. The molecule has 4 rings (SSSR count). The molecule has 0 spiro atoms. The number of rotatable bonds is 4. The van der Waals surface area contributed by atoms with Gasteiger partial charge in [-0.05, 0) is 36.1 Å². The van der Waals surface area contributed by atoms with Crippen molar-refractivity contribution in [1.82, 2.24) is 10.1 Å². The first kappa shape index (κ1) is 16.0. The van der Waals surface area contributed by atoms with Gasteiger partial charge in [0.15, 0.2) is 5.82 Å². The smallest absolute Gasteiger partial charge is 0.231 e. The summed E-state index contributed by atoms with van der Waals surface area (Å²) in [5.74, 6) is 0.332. The number of amides is 1. The molecule has 3 aromatic rings. The van der Waals surface area contributed by atoms with E-state index in [1.807, 2.05) is 24.4 Å². The second kappa shape index (κ2) is 6.40. The molecule has 1 amide bonds. The summed E-state index contributed by atoms with van der Waals surface area (Å²) >= 11 is 1.63. The largest absolute Gasteiger partial charge is 0.339 e. The molecular weight excluding hydrogens is 341 g/mol. The summed E-state index contributed by atoms with van der Waals surface area (Å²) < 4.78 is 19.4. The number of hydrogen-bond donors (Lipinski definition) is 0. The third-order valence-corrected chi connectivity index (χ3v) is 5.15. The maximum Gasteiger partial charge on any atom is 0.231 e. The van der Waals surface area contributed by atoms with Gasteiger partial charge in [-0.2, -0.15) is 4.98 Å². The fraction of sp³-hybridized carbons (Fsp3) is 0.278. The van der Waals surface area contributed by atoms with E-state index in [1.54, 1.807) is 23.5 Å². The molecule has 128 valence electrons. The van der Waals surface area contributed by atoms with Gasteiger partial charge in [0.25, 0.3) is 0 Å². The van der Waals surface area contributed by atoms with Crippen molar-refractivity contribution in [2.45, 2.75) is 25.7 Å². The zero-order valence-corrected chi connectivity index (χ0v) is 14.4. The minimum Gasteiger partial charge on any atom is -0.339 e. The standard InChI is InChI=1S/C18H16FN3O2S/c1-11-4-5-14(19)15(7-11)22-10-12(8-17(22)23)18-20-16(24-21-18)9-13-3-2-6-25-13/h2-7,12H,8-10H2,1H3. The number of hydrogen-bond acceptors (Lipinski definition) is 5. The highest BCUT2D eigenvalue weighted by Gasteiger charge is 2.35. The van der Waals surface area contributed by atoms with Gasteiger partial charge in [-0.15, -0.1) is 11.3 Å². The Labute approximate surface area is 148 Å². The van der Waals surface area contributed by atoms with E-state index in [9.17, 15) is 9.18 Å². The molecule has 25 heavy (non-hydrogen) atoms. The van der Waals surface area contributed by atoms with Crippen LogP contribution in [0.25, 0.3) is 0 Å². The van der Waals surface area contributed by atoms with E-state index >= 15 is 0 Å². The predicted octanol–water partition coefficient (Wildman–Crippen LogP) is 3.69. The number of benzene rings is 1. The number of thiophene rings is 1. The van der Waals surface area contributed by atoms with Gasteiger partial charge in [-0.25, -0.2) is 4.39 Å². The van der Waals surface area contributed by atoms with Crippen LogP contribution in [0.3, 0.4) is 0 Å². The number of aromatic nitrogens is 2. The minimum atomic E-state index is -0.397. The summed E-state index contributed by atoms with van der Waals surface area (Å²) in [6, 6.07) is 8.75. The summed E-state index contributed by atoms with van der Waals surface area (Å²) in [5, 5.41) is 6.02. The van der Waals surface area contributed by atoms with Crippen molar-refractivity contribution in [1.29, 1.82) is 0 Å². The lowest BCUT2D eigenvalue weighted by molar-refractivity contribution is -0.117. The second-order valence-corrected chi connectivity index (χ2v) is 7.19. The maximum absolute atomic E-state index is 14.1. The van der Waals surface area contributed by atoms with Crippen molar-refractivity contribution in [3.05, 3.63) is 63.7 Å². The first-order valence-corrected chi connectivity index (χ1v) is 8.89. The fourth-order valence-corrected chi connectivity index (χ4v) is 3.71. The van der Waals surface area contributed by atoms with Crippen LogP contribution in [0.4, 0.5) is 10.1 Å². The number of halogens is 1. The molecule has 0 aliphatic carbocycles. The van der Waals surface area contributed by atoms with E-state index in [2.05, 4.69) is 10.1 Å². The van der Waals surface area contributed by atoms with Gasteiger partial charge in [0.2, 0.25) is 11.8 Å². The first-order chi connectivity index (χ1) is 12.1. The van der Waals surface area contributed by atoms with E-state index in [0.29, 0.717) is 30.4 Å². The van der Waals surface area contributed by atoms with Gasteiger partial charge in [-0.1, -0.05) is 17.3 Å². The fourth-order valence-electron chi connectivity index (χ4n) is 3.01. The van der Waals surface area contributed by atoms with E-state index in [1.165, 1.54) is 11.0 Å². The van der Waals surface area contributed by atoms with Crippen molar-refractivity contribution >= 4 is 22.9 Å². The monoisotopic (exact) mass is 357 g/mol. The molecule has 0 N–H and O–H groups in total. The van der Waals surface area contributed by atoms with Gasteiger partial charge >= 0.3 is 0 Å². The highest BCUT2D eigenvalue weighted by Crippen LogP contribution is 2.32. The average Bonchev–Trinajstić information content (AvgIpc) is 3.32. The summed E-state index contributed by atoms with van der Waals surface area (Å²) in [7, 11) is 0. The van der Waals surface area contributed by atoms with E-state index < -0.39 is 5.82 Å². The number of anilines is 1. The van der Waals surface area contributed by atoms with Crippen LogP contribution in [0.2, 0.25) is 0 Å².